The van der Waals surface area contributed by atoms with E-state index in [0.29, 0.717) is 11.9 Å². The van der Waals surface area contributed by atoms with Crippen molar-refractivity contribution in [3.05, 3.63) is 18.2 Å². The Morgan fingerprint density at radius 1 is 1.35 bits per heavy atom. The summed E-state index contributed by atoms with van der Waals surface area (Å²) >= 11 is 0. The Balaban J connectivity index is 0.00000144. The molecular weight excluding hydrogens is 243 g/mol. The minimum atomic E-state index is -0.390. The molecule has 2 heterocycles. The van der Waals surface area contributed by atoms with Crippen molar-refractivity contribution in [2.75, 3.05) is 31.6 Å². The zero-order chi connectivity index (χ0) is 11.4. The Morgan fingerprint density at radius 3 is 2.53 bits per heavy atom. The lowest BCUT2D eigenvalue weighted by Crippen LogP contribution is -2.35. The van der Waals surface area contributed by atoms with E-state index in [2.05, 4.69) is 15.3 Å². The first-order valence-electron chi connectivity index (χ1n) is 5.65. The first kappa shape index (κ1) is 14.1. The summed E-state index contributed by atoms with van der Waals surface area (Å²) in [7, 11) is 1.95. The minimum Gasteiger partial charge on any atom is -0.344 e. The molecule has 4 nitrogen and oxygen atoms in total. The topological polar surface area (TPSA) is 41.0 Å². The van der Waals surface area contributed by atoms with Gasteiger partial charge < -0.3 is 10.2 Å². The average Bonchev–Trinajstić information content (AvgIpc) is 2.31. The maximum Gasteiger partial charge on any atom is 0.225 e. The molecule has 1 aromatic heterocycles. The Labute approximate surface area is 107 Å². The number of rotatable bonds is 3. The second-order valence-electron chi connectivity index (χ2n) is 4.28. The van der Waals surface area contributed by atoms with Crippen LogP contribution in [0.2, 0.25) is 0 Å². The van der Waals surface area contributed by atoms with Gasteiger partial charge in [0.05, 0.1) is 12.4 Å². The van der Waals surface area contributed by atoms with Crippen molar-refractivity contribution in [2.24, 2.45) is 5.92 Å². The lowest BCUT2D eigenvalue weighted by molar-refractivity contribution is 0.376. The van der Waals surface area contributed by atoms with Crippen LogP contribution in [-0.2, 0) is 0 Å². The van der Waals surface area contributed by atoms with Gasteiger partial charge in [-0.2, -0.15) is 0 Å². The van der Waals surface area contributed by atoms with Crippen LogP contribution in [0.15, 0.2) is 12.4 Å². The highest BCUT2D eigenvalue weighted by Gasteiger charge is 2.16. The first-order chi connectivity index (χ1) is 7.75. The molecule has 0 spiro atoms. The number of hydrogen-bond acceptors (Lipinski definition) is 4. The average molecular weight is 261 g/mol. The van der Waals surface area contributed by atoms with Gasteiger partial charge in [-0.25, -0.2) is 14.4 Å². The lowest BCUT2D eigenvalue weighted by Gasteiger charge is -2.27. The first-order valence-corrected chi connectivity index (χ1v) is 5.65. The fraction of sp³-hybridized carbons (Fsp3) is 0.636. The van der Waals surface area contributed by atoms with Gasteiger partial charge >= 0.3 is 0 Å². The maximum absolute atomic E-state index is 12.7. The highest BCUT2D eigenvalue weighted by atomic mass is 35.5. The number of piperidine rings is 1. The Bertz CT molecular complexity index is 327. The van der Waals surface area contributed by atoms with E-state index < -0.39 is 0 Å². The molecule has 1 aliphatic heterocycles. The maximum atomic E-state index is 12.7. The summed E-state index contributed by atoms with van der Waals surface area (Å²) in [6, 6.07) is 0. The van der Waals surface area contributed by atoms with Gasteiger partial charge in [0.15, 0.2) is 5.82 Å². The second-order valence-corrected chi connectivity index (χ2v) is 4.28. The van der Waals surface area contributed by atoms with Crippen LogP contribution in [0.25, 0.3) is 0 Å². The second kappa shape index (κ2) is 6.71. The fourth-order valence-corrected chi connectivity index (χ4v) is 2.04. The van der Waals surface area contributed by atoms with Crippen LogP contribution >= 0.6 is 12.4 Å². The third-order valence-corrected chi connectivity index (χ3v) is 2.94. The molecule has 1 fully saturated rings. The van der Waals surface area contributed by atoms with Gasteiger partial charge in [0.25, 0.3) is 0 Å². The normalized spacial score (nSPS) is 16.4. The molecule has 0 bridgehead atoms. The third kappa shape index (κ3) is 4.09. The fourth-order valence-electron chi connectivity index (χ4n) is 2.04. The van der Waals surface area contributed by atoms with Crippen molar-refractivity contribution >= 4 is 18.4 Å². The summed E-state index contributed by atoms with van der Waals surface area (Å²) in [5.74, 6) is 0.888. The summed E-state index contributed by atoms with van der Waals surface area (Å²) in [6.45, 7) is 3.11. The largest absolute Gasteiger partial charge is 0.344 e. The molecule has 0 saturated carbocycles. The predicted molar refractivity (Wildman–Crippen MR) is 68.1 cm³/mol. The van der Waals surface area contributed by atoms with Crippen LogP contribution in [-0.4, -0.2) is 36.6 Å². The molecule has 17 heavy (non-hydrogen) atoms. The van der Waals surface area contributed by atoms with Gasteiger partial charge in [-0.3, -0.25) is 0 Å². The molecular formula is C11H18ClFN4. The molecule has 0 amide bonds. The minimum absolute atomic E-state index is 0. The molecule has 0 aromatic carbocycles. The lowest BCUT2D eigenvalue weighted by atomic mass is 9.98. The molecule has 0 unspecified atom stereocenters. The van der Waals surface area contributed by atoms with Crippen molar-refractivity contribution in [1.82, 2.24) is 15.3 Å². The van der Waals surface area contributed by atoms with Crippen molar-refractivity contribution in [1.29, 1.82) is 0 Å². The number of nitrogens with one attached hydrogen (secondary N) is 1. The predicted octanol–water partition coefficient (Wildman–Crippen LogP) is 1.47. The quantitative estimate of drug-likeness (QED) is 0.894. The SMILES string of the molecule is CN(CC1CCNCC1)c1ncc(F)cn1.Cl. The van der Waals surface area contributed by atoms with Gasteiger partial charge in [-0.05, 0) is 31.8 Å². The van der Waals surface area contributed by atoms with E-state index in [1.807, 2.05) is 11.9 Å². The van der Waals surface area contributed by atoms with Crippen LogP contribution < -0.4 is 10.2 Å². The van der Waals surface area contributed by atoms with Crippen LogP contribution in [0.5, 0.6) is 0 Å². The molecule has 1 aromatic rings. The molecule has 1 N–H and O–H groups in total. The summed E-state index contributed by atoms with van der Waals surface area (Å²) < 4.78 is 12.7. The van der Waals surface area contributed by atoms with Crippen molar-refractivity contribution in [3.63, 3.8) is 0 Å². The van der Waals surface area contributed by atoms with E-state index in [1.54, 1.807) is 0 Å². The summed E-state index contributed by atoms with van der Waals surface area (Å²) in [4.78, 5) is 9.93. The van der Waals surface area contributed by atoms with Gasteiger partial charge in [-0.1, -0.05) is 0 Å². The van der Waals surface area contributed by atoms with Crippen molar-refractivity contribution in [3.8, 4) is 0 Å². The number of halogens is 2. The van der Waals surface area contributed by atoms with E-state index in [0.717, 1.165) is 19.6 Å². The molecule has 1 saturated heterocycles. The van der Waals surface area contributed by atoms with Crippen LogP contribution in [0.4, 0.5) is 10.3 Å². The van der Waals surface area contributed by atoms with Gasteiger partial charge in [0.1, 0.15) is 0 Å². The molecule has 0 radical (unpaired) electrons. The van der Waals surface area contributed by atoms with E-state index in [-0.39, 0.29) is 18.2 Å². The third-order valence-electron chi connectivity index (χ3n) is 2.94. The van der Waals surface area contributed by atoms with Gasteiger partial charge in [-0.15, -0.1) is 12.4 Å². The van der Waals surface area contributed by atoms with Crippen LogP contribution in [0.1, 0.15) is 12.8 Å². The molecule has 2 rings (SSSR count). The molecule has 0 aliphatic carbocycles. The number of nitrogens with zero attached hydrogens (tertiary/aromatic N) is 3. The number of aromatic nitrogens is 2. The zero-order valence-electron chi connectivity index (χ0n) is 9.90. The van der Waals surface area contributed by atoms with Crippen molar-refractivity contribution in [2.45, 2.75) is 12.8 Å². The van der Waals surface area contributed by atoms with E-state index in [1.165, 1.54) is 25.2 Å². The highest BCUT2D eigenvalue weighted by molar-refractivity contribution is 5.85. The van der Waals surface area contributed by atoms with Crippen LogP contribution in [0, 0.1) is 11.7 Å². The molecule has 6 heteroatoms. The van der Waals surface area contributed by atoms with Gasteiger partial charge in [0.2, 0.25) is 5.95 Å². The Morgan fingerprint density at radius 2 is 1.94 bits per heavy atom. The smallest absolute Gasteiger partial charge is 0.225 e. The molecule has 0 atom stereocenters. The van der Waals surface area contributed by atoms with E-state index >= 15 is 0 Å². The number of hydrogen-bond donors (Lipinski definition) is 1. The highest BCUT2D eigenvalue weighted by Crippen LogP contribution is 2.15. The number of anilines is 1. The van der Waals surface area contributed by atoms with Gasteiger partial charge in [0, 0.05) is 13.6 Å². The van der Waals surface area contributed by atoms with E-state index in [4.69, 9.17) is 0 Å². The summed E-state index contributed by atoms with van der Waals surface area (Å²) in [5.41, 5.74) is 0. The summed E-state index contributed by atoms with van der Waals surface area (Å²) in [6.07, 6.45) is 4.79. The Hall–Kier alpha value is -0.940. The molecule has 1 aliphatic rings. The zero-order valence-corrected chi connectivity index (χ0v) is 10.7. The Kier molecular flexibility index (Phi) is 5.58. The van der Waals surface area contributed by atoms with Crippen molar-refractivity contribution < 1.29 is 4.39 Å². The van der Waals surface area contributed by atoms with E-state index in [9.17, 15) is 4.39 Å². The summed E-state index contributed by atoms with van der Waals surface area (Å²) in [5, 5.41) is 3.34. The van der Waals surface area contributed by atoms with Crippen LogP contribution in [0.3, 0.4) is 0 Å². The standard InChI is InChI=1S/C11H17FN4.ClH/c1-16(8-9-2-4-13-5-3-9)11-14-6-10(12)7-15-11;/h6-7,9,13H,2-5,8H2,1H3;1H. The molecule has 96 valence electrons. The monoisotopic (exact) mass is 260 g/mol.